The molecule has 16 nitrogen and oxygen atoms in total. The van der Waals surface area contributed by atoms with E-state index in [1.807, 2.05) is 35.4 Å². The number of aromatic amines is 1. The van der Waals surface area contributed by atoms with Gasteiger partial charge < -0.3 is 34.3 Å². The molecule has 7 heterocycles. The first-order valence-corrected chi connectivity index (χ1v) is 27.1. The molecule has 5 fully saturated rings. The molecule has 1 aliphatic carbocycles. The summed E-state index contributed by atoms with van der Waals surface area (Å²) in [7, 11) is -4.59. The maximum atomic E-state index is 14.6. The molecular formula is C54H66N8O8S. The van der Waals surface area contributed by atoms with Crippen LogP contribution >= 0.6 is 0 Å². The van der Waals surface area contributed by atoms with Crippen molar-refractivity contribution in [1.29, 1.82) is 0 Å². The van der Waals surface area contributed by atoms with Gasteiger partial charge in [0.2, 0.25) is 5.88 Å². The topological polar surface area (TPSA) is 184 Å². The normalized spacial score (nSPS) is 23.5. The maximum Gasteiger partial charge on any atom is 0.293 e. The van der Waals surface area contributed by atoms with Crippen molar-refractivity contribution in [1.82, 2.24) is 19.6 Å². The number of piperidine rings is 2. The van der Waals surface area contributed by atoms with E-state index in [1.165, 1.54) is 42.5 Å². The number of hydrogen-bond donors (Lipinski definition) is 3. The Hall–Kier alpha value is -5.75. The summed E-state index contributed by atoms with van der Waals surface area (Å²) in [6, 6.07) is 22.9. The molecule has 1 saturated carbocycles. The Balaban J connectivity index is 0.865. The molecule has 71 heavy (non-hydrogen) atoms. The third kappa shape index (κ3) is 9.23. The minimum atomic E-state index is -4.59. The zero-order valence-electron chi connectivity index (χ0n) is 41.2. The zero-order chi connectivity index (χ0) is 49.2. The number of H-pyrrole nitrogens is 1. The molecule has 2 aromatic heterocycles. The van der Waals surface area contributed by atoms with Crippen LogP contribution in [-0.2, 0) is 19.5 Å². The standard InChI is InChI=1S/C54H66N8O8S/c1-34(2)40-7-5-6-8-41(40)47-30-53(3,4)16-22-60(47)38-28-54(29-38)17-20-59(21-18-54)37-9-11-42(44(26-37)61-46-25-36-13-19-55-50(36)57-52(46)70-49-33-69-32-48(49)61)51(63)58-71(66,67)39-10-12-43(45(27-39)62(64)65)56-31-35-14-23-68-24-15-35/h5-13,19,25-27,34-35,38,47-49,56H,14-18,20-24,28-33H2,1-4H3,(H,55,57)(H,58,63)/t47-,48+,49+/m0/s1. The molecule has 0 bridgehead atoms. The number of hydrogen-bond acceptors (Lipinski definition) is 13. The van der Waals surface area contributed by atoms with Gasteiger partial charge in [-0.05, 0) is 134 Å². The van der Waals surface area contributed by atoms with E-state index in [0.29, 0.717) is 79.3 Å². The number of ether oxygens (including phenoxy) is 3. The third-order valence-corrected chi connectivity index (χ3v) is 17.9. The molecule has 5 aromatic rings. The van der Waals surface area contributed by atoms with E-state index < -0.39 is 37.5 Å². The lowest BCUT2D eigenvalue weighted by atomic mass is 9.59. The Morgan fingerprint density at radius 2 is 1.72 bits per heavy atom. The highest BCUT2D eigenvalue weighted by Crippen LogP contribution is 2.56. The number of benzene rings is 3. The summed E-state index contributed by atoms with van der Waals surface area (Å²) in [4.78, 5) is 41.2. The number of carbonyl (C=O) groups is 1. The van der Waals surface area contributed by atoms with Gasteiger partial charge in [0.25, 0.3) is 21.6 Å². The van der Waals surface area contributed by atoms with Gasteiger partial charge in [-0.25, -0.2) is 13.1 Å². The number of likely N-dealkylation sites (tertiary alicyclic amines) is 1. The molecule has 0 unspecified atom stereocenters. The van der Waals surface area contributed by atoms with Gasteiger partial charge in [-0.3, -0.25) is 19.8 Å². The first kappa shape index (κ1) is 47.6. The molecule has 1 amide bonds. The summed E-state index contributed by atoms with van der Waals surface area (Å²) >= 11 is 0. The number of nitrogens with one attached hydrogen (secondary N) is 3. The fraction of sp³-hybridized carbons (Fsp3) is 0.519. The number of fused-ring (bicyclic) bond motifs is 3. The number of nitrogens with zero attached hydrogens (tertiary/aromatic N) is 5. The van der Waals surface area contributed by atoms with Crippen LogP contribution in [0.15, 0.2) is 83.9 Å². The fourth-order valence-electron chi connectivity index (χ4n) is 12.5. The van der Waals surface area contributed by atoms with Crippen molar-refractivity contribution >= 4 is 55.4 Å². The van der Waals surface area contributed by atoms with Crippen molar-refractivity contribution in [3.63, 3.8) is 0 Å². The highest BCUT2D eigenvalue weighted by Gasteiger charge is 2.51. The second kappa shape index (κ2) is 18.7. The number of anilines is 4. The van der Waals surface area contributed by atoms with E-state index >= 15 is 0 Å². The van der Waals surface area contributed by atoms with E-state index in [4.69, 9.17) is 19.2 Å². The van der Waals surface area contributed by atoms with Crippen LogP contribution in [0.25, 0.3) is 11.0 Å². The number of pyridine rings is 1. The number of amides is 1. The third-order valence-electron chi connectivity index (χ3n) is 16.6. The number of rotatable bonds is 12. The lowest BCUT2D eigenvalue weighted by molar-refractivity contribution is -0.384. The Labute approximate surface area is 416 Å². The molecule has 0 radical (unpaired) electrons. The van der Waals surface area contributed by atoms with Crippen molar-refractivity contribution in [3.8, 4) is 5.88 Å². The summed E-state index contributed by atoms with van der Waals surface area (Å²) in [5, 5.41) is 16.3. The van der Waals surface area contributed by atoms with Gasteiger partial charge in [0.1, 0.15) is 23.1 Å². The van der Waals surface area contributed by atoms with Crippen LogP contribution < -0.4 is 24.6 Å². The Morgan fingerprint density at radius 3 is 2.49 bits per heavy atom. The van der Waals surface area contributed by atoms with Crippen molar-refractivity contribution in [2.75, 3.05) is 67.7 Å². The van der Waals surface area contributed by atoms with Crippen molar-refractivity contribution in [2.24, 2.45) is 16.7 Å². The predicted molar refractivity (Wildman–Crippen MR) is 273 cm³/mol. The Bertz CT molecular complexity index is 2940. The molecule has 3 atom stereocenters. The minimum absolute atomic E-state index is 0.114. The van der Waals surface area contributed by atoms with Crippen molar-refractivity contribution < 1.29 is 32.3 Å². The number of nitro benzene ring substituents is 1. The van der Waals surface area contributed by atoms with Gasteiger partial charge in [-0.15, -0.1) is 0 Å². The zero-order valence-corrected chi connectivity index (χ0v) is 42.0. The van der Waals surface area contributed by atoms with E-state index in [9.17, 15) is 23.3 Å². The van der Waals surface area contributed by atoms with Crippen LogP contribution in [0.1, 0.15) is 113 Å². The van der Waals surface area contributed by atoms with Crippen molar-refractivity contribution in [3.05, 3.63) is 106 Å². The number of carbonyl (C=O) groups excluding carboxylic acids is 1. The molecule has 6 aliphatic rings. The van der Waals surface area contributed by atoms with Crippen LogP contribution in [0.3, 0.4) is 0 Å². The molecule has 376 valence electrons. The molecule has 17 heteroatoms. The SMILES string of the molecule is CC(C)c1ccccc1[C@@H]1CC(C)(C)CCN1C1CC2(CCN(c3ccc(C(=O)NS(=O)(=O)c4ccc(NCC5CCOCC5)c([N+](=O)[O-])c4)c(N4c5cc6cc[nH]c6nc5O[C@@H]5COC[C@H]54)c3)CC2)C1. The number of aromatic nitrogens is 2. The second-order valence-corrected chi connectivity index (χ2v) is 23.8. The lowest BCUT2D eigenvalue weighted by Gasteiger charge is -2.59. The smallest absolute Gasteiger partial charge is 0.293 e. The van der Waals surface area contributed by atoms with E-state index in [1.54, 1.807) is 6.07 Å². The van der Waals surface area contributed by atoms with Crippen LogP contribution in [0, 0.1) is 26.9 Å². The average Bonchev–Trinajstić information content (AvgIpc) is 4.03. The number of nitro groups is 1. The number of sulfonamides is 1. The van der Waals surface area contributed by atoms with Crippen LogP contribution in [0.2, 0.25) is 0 Å². The van der Waals surface area contributed by atoms with E-state index in [0.717, 1.165) is 68.9 Å². The lowest BCUT2D eigenvalue weighted by Crippen LogP contribution is -2.57. The highest BCUT2D eigenvalue weighted by molar-refractivity contribution is 7.90. The van der Waals surface area contributed by atoms with Gasteiger partial charge >= 0.3 is 0 Å². The van der Waals surface area contributed by atoms with Gasteiger partial charge in [0.15, 0.2) is 0 Å². The Morgan fingerprint density at radius 1 is 0.930 bits per heavy atom. The summed E-state index contributed by atoms with van der Waals surface area (Å²) in [5.74, 6) is 0.242. The molecule has 3 aromatic carbocycles. The Kier molecular flexibility index (Phi) is 12.5. The first-order chi connectivity index (χ1) is 34.1. The maximum absolute atomic E-state index is 14.6. The first-order valence-electron chi connectivity index (χ1n) is 25.6. The quantitative estimate of drug-likeness (QED) is 0.0794. The second-order valence-electron chi connectivity index (χ2n) is 22.1. The molecule has 3 N–H and O–H groups in total. The van der Waals surface area contributed by atoms with Crippen LogP contribution in [0.4, 0.5) is 28.4 Å². The monoisotopic (exact) mass is 986 g/mol. The largest absolute Gasteiger partial charge is 0.468 e. The highest BCUT2D eigenvalue weighted by atomic mass is 32.2. The van der Waals surface area contributed by atoms with Gasteiger partial charge in [0, 0.05) is 68.3 Å². The molecule has 4 saturated heterocycles. The van der Waals surface area contributed by atoms with Gasteiger partial charge in [-0.1, -0.05) is 52.0 Å². The summed E-state index contributed by atoms with van der Waals surface area (Å²) in [6.07, 6.45) is 9.90. The van der Waals surface area contributed by atoms with E-state index in [-0.39, 0.29) is 28.6 Å². The molecular weight excluding hydrogens is 921 g/mol. The molecule has 5 aliphatic heterocycles. The summed E-state index contributed by atoms with van der Waals surface area (Å²) in [6.45, 7) is 14.6. The minimum Gasteiger partial charge on any atom is -0.468 e. The van der Waals surface area contributed by atoms with Gasteiger partial charge in [-0.2, -0.15) is 4.98 Å². The fourth-order valence-corrected chi connectivity index (χ4v) is 13.5. The molecule has 1 spiro atoms. The van der Waals surface area contributed by atoms with Gasteiger partial charge in [0.05, 0.1) is 40.3 Å². The summed E-state index contributed by atoms with van der Waals surface area (Å²) in [5.41, 5.74) is 6.13. The molecule has 11 rings (SSSR count). The summed E-state index contributed by atoms with van der Waals surface area (Å²) < 4.78 is 48.4. The predicted octanol–water partition coefficient (Wildman–Crippen LogP) is 9.46. The average molecular weight is 987 g/mol. The van der Waals surface area contributed by atoms with Crippen molar-refractivity contribution in [2.45, 2.75) is 114 Å². The van der Waals surface area contributed by atoms with Crippen LogP contribution in [0.5, 0.6) is 5.88 Å². The van der Waals surface area contributed by atoms with E-state index in [2.05, 4.69) is 76.8 Å². The van der Waals surface area contributed by atoms with Crippen LogP contribution in [-0.4, -0.2) is 105 Å².